The molecule has 0 aromatic heterocycles. The number of piperidine rings is 1. The first kappa shape index (κ1) is 12.2. The number of carbonyl (C=O) groups is 2. The minimum absolute atomic E-state index is 0.125. The fraction of sp³-hybridized carbons (Fsp3) is 0.818. The van der Waals surface area contributed by atoms with Gasteiger partial charge < -0.3 is 10.1 Å². The summed E-state index contributed by atoms with van der Waals surface area (Å²) in [5.41, 5.74) is 0. The van der Waals surface area contributed by atoms with E-state index in [0.717, 1.165) is 38.8 Å². The third-order valence-electron chi connectivity index (χ3n) is 2.64. The van der Waals surface area contributed by atoms with Gasteiger partial charge in [-0.2, -0.15) is 0 Å². The van der Waals surface area contributed by atoms with Crippen molar-refractivity contribution in [2.24, 2.45) is 5.92 Å². The van der Waals surface area contributed by atoms with Crippen LogP contribution in [0.1, 0.15) is 32.6 Å². The summed E-state index contributed by atoms with van der Waals surface area (Å²) in [7, 11) is 0. The lowest BCUT2D eigenvalue weighted by atomic mass is 9.94. The molecule has 0 radical (unpaired) electrons. The van der Waals surface area contributed by atoms with Crippen LogP contribution < -0.4 is 5.32 Å². The molecule has 0 amide bonds. The van der Waals surface area contributed by atoms with Crippen LogP contribution in [0.2, 0.25) is 0 Å². The smallest absolute Gasteiger partial charge is 0.374 e. The number of unbranched alkanes of at least 4 members (excludes halogenated alkanes) is 1. The van der Waals surface area contributed by atoms with Gasteiger partial charge in [-0.3, -0.25) is 4.79 Å². The number of Topliss-reactive ketones (excluding diaryl/α,β-unsaturated/α-hetero) is 1. The third kappa shape index (κ3) is 4.00. The molecule has 0 aromatic carbocycles. The average molecular weight is 213 g/mol. The van der Waals surface area contributed by atoms with E-state index in [1.807, 2.05) is 6.92 Å². The zero-order valence-electron chi connectivity index (χ0n) is 9.25. The lowest BCUT2D eigenvalue weighted by Gasteiger charge is -2.20. The summed E-state index contributed by atoms with van der Waals surface area (Å²) in [5.74, 6) is -1.11. The summed E-state index contributed by atoms with van der Waals surface area (Å²) in [5, 5.41) is 3.16. The molecule has 0 atom stereocenters. The van der Waals surface area contributed by atoms with Gasteiger partial charge in [-0.15, -0.1) is 0 Å². The molecule has 0 bridgehead atoms. The Morgan fingerprint density at radius 2 is 2.00 bits per heavy atom. The van der Waals surface area contributed by atoms with E-state index in [9.17, 15) is 9.59 Å². The van der Waals surface area contributed by atoms with E-state index in [0.29, 0.717) is 6.61 Å². The van der Waals surface area contributed by atoms with Crippen molar-refractivity contribution in [2.75, 3.05) is 19.7 Å². The van der Waals surface area contributed by atoms with Gasteiger partial charge in [-0.05, 0) is 32.4 Å². The number of carbonyl (C=O) groups excluding carboxylic acids is 2. The van der Waals surface area contributed by atoms with Crippen LogP contribution in [0.5, 0.6) is 0 Å². The topological polar surface area (TPSA) is 55.4 Å². The van der Waals surface area contributed by atoms with Crippen LogP contribution in [-0.2, 0) is 14.3 Å². The molecule has 86 valence electrons. The molecular weight excluding hydrogens is 194 g/mol. The molecule has 1 rings (SSSR count). The fourth-order valence-electron chi connectivity index (χ4n) is 1.63. The molecule has 0 aliphatic carbocycles. The molecule has 1 N–H and O–H groups in total. The number of ether oxygens (including phenoxy) is 1. The highest BCUT2D eigenvalue weighted by molar-refractivity contribution is 6.34. The van der Waals surface area contributed by atoms with Gasteiger partial charge in [0.05, 0.1) is 6.61 Å². The SMILES string of the molecule is CCCCOC(=O)C(=O)C1CCNCC1. The predicted molar refractivity (Wildman–Crippen MR) is 56.5 cm³/mol. The molecule has 0 spiro atoms. The van der Waals surface area contributed by atoms with E-state index in [1.54, 1.807) is 0 Å². The second kappa shape index (κ2) is 6.56. The zero-order chi connectivity index (χ0) is 11.1. The van der Waals surface area contributed by atoms with Crippen molar-refractivity contribution in [1.29, 1.82) is 0 Å². The van der Waals surface area contributed by atoms with E-state index >= 15 is 0 Å². The highest BCUT2D eigenvalue weighted by atomic mass is 16.5. The average Bonchev–Trinajstić information content (AvgIpc) is 2.29. The highest BCUT2D eigenvalue weighted by Gasteiger charge is 2.27. The highest BCUT2D eigenvalue weighted by Crippen LogP contribution is 2.13. The quantitative estimate of drug-likeness (QED) is 0.419. The normalized spacial score (nSPS) is 17.4. The molecule has 15 heavy (non-hydrogen) atoms. The summed E-state index contributed by atoms with van der Waals surface area (Å²) < 4.78 is 4.89. The molecule has 0 unspecified atom stereocenters. The number of nitrogens with one attached hydrogen (secondary N) is 1. The Hall–Kier alpha value is -0.900. The maximum Gasteiger partial charge on any atom is 0.374 e. The van der Waals surface area contributed by atoms with Gasteiger partial charge in [0, 0.05) is 5.92 Å². The van der Waals surface area contributed by atoms with Crippen molar-refractivity contribution in [3.63, 3.8) is 0 Å². The van der Waals surface area contributed by atoms with Crippen LogP contribution in [0.15, 0.2) is 0 Å². The van der Waals surface area contributed by atoms with Crippen LogP contribution in [-0.4, -0.2) is 31.4 Å². The Morgan fingerprint density at radius 1 is 1.33 bits per heavy atom. The van der Waals surface area contributed by atoms with E-state index in [2.05, 4.69) is 5.32 Å². The van der Waals surface area contributed by atoms with Crippen LogP contribution in [0.25, 0.3) is 0 Å². The fourth-order valence-corrected chi connectivity index (χ4v) is 1.63. The number of hydrogen-bond donors (Lipinski definition) is 1. The number of ketones is 1. The first-order valence-corrected chi connectivity index (χ1v) is 5.67. The molecule has 0 aromatic rings. The van der Waals surface area contributed by atoms with E-state index < -0.39 is 5.97 Å². The second-order valence-corrected chi connectivity index (χ2v) is 3.88. The molecule has 1 heterocycles. The number of esters is 1. The van der Waals surface area contributed by atoms with Crippen molar-refractivity contribution in [3.05, 3.63) is 0 Å². The number of rotatable bonds is 5. The van der Waals surface area contributed by atoms with E-state index in [4.69, 9.17) is 4.74 Å². The van der Waals surface area contributed by atoms with Crippen molar-refractivity contribution < 1.29 is 14.3 Å². The molecule has 1 aliphatic rings. The van der Waals surface area contributed by atoms with Gasteiger partial charge in [0.25, 0.3) is 0 Å². The second-order valence-electron chi connectivity index (χ2n) is 3.88. The van der Waals surface area contributed by atoms with Crippen LogP contribution in [0.4, 0.5) is 0 Å². The summed E-state index contributed by atoms with van der Waals surface area (Å²) in [6.45, 7) is 4.02. The molecule has 4 nitrogen and oxygen atoms in total. The summed E-state index contributed by atoms with van der Waals surface area (Å²) in [6.07, 6.45) is 3.30. The van der Waals surface area contributed by atoms with Crippen molar-refractivity contribution >= 4 is 11.8 Å². The van der Waals surface area contributed by atoms with Gasteiger partial charge in [0.1, 0.15) is 0 Å². The van der Waals surface area contributed by atoms with Crippen LogP contribution in [0.3, 0.4) is 0 Å². The van der Waals surface area contributed by atoms with Gasteiger partial charge >= 0.3 is 5.97 Å². The maximum absolute atomic E-state index is 11.6. The Kier molecular flexibility index (Phi) is 5.32. The van der Waals surface area contributed by atoms with Gasteiger partial charge in [-0.1, -0.05) is 13.3 Å². The third-order valence-corrected chi connectivity index (χ3v) is 2.64. The monoisotopic (exact) mass is 213 g/mol. The van der Waals surface area contributed by atoms with Crippen LogP contribution >= 0.6 is 0 Å². The minimum Gasteiger partial charge on any atom is -0.460 e. The van der Waals surface area contributed by atoms with Gasteiger partial charge in [0.2, 0.25) is 5.78 Å². The lowest BCUT2D eigenvalue weighted by molar-refractivity contribution is -0.156. The first-order chi connectivity index (χ1) is 7.25. The Bertz CT molecular complexity index is 222. The largest absolute Gasteiger partial charge is 0.460 e. The Balaban J connectivity index is 2.28. The Labute approximate surface area is 90.4 Å². The standard InChI is InChI=1S/C11H19NO3/c1-2-3-8-15-11(14)10(13)9-4-6-12-7-5-9/h9,12H,2-8H2,1H3. The predicted octanol–water partition coefficient (Wildman–Crippen LogP) is 0.898. The molecule has 4 heteroatoms. The van der Waals surface area contributed by atoms with E-state index in [1.165, 1.54) is 0 Å². The molecule has 1 fully saturated rings. The molecule has 0 saturated carbocycles. The van der Waals surface area contributed by atoms with Crippen molar-refractivity contribution in [3.8, 4) is 0 Å². The van der Waals surface area contributed by atoms with Crippen LogP contribution in [0, 0.1) is 5.92 Å². The molecule has 1 aliphatic heterocycles. The maximum atomic E-state index is 11.6. The first-order valence-electron chi connectivity index (χ1n) is 5.67. The number of hydrogen-bond acceptors (Lipinski definition) is 4. The zero-order valence-corrected chi connectivity index (χ0v) is 9.25. The molecule has 1 saturated heterocycles. The summed E-state index contributed by atoms with van der Waals surface area (Å²) in [4.78, 5) is 22.9. The van der Waals surface area contributed by atoms with E-state index in [-0.39, 0.29) is 11.7 Å². The minimum atomic E-state index is -0.643. The summed E-state index contributed by atoms with van der Waals surface area (Å²) >= 11 is 0. The van der Waals surface area contributed by atoms with Crippen molar-refractivity contribution in [1.82, 2.24) is 5.32 Å². The Morgan fingerprint density at radius 3 is 2.60 bits per heavy atom. The van der Waals surface area contributed by atoms with Crippen molar-refractivity contribution in [2.45, 2.75) is 32.6 Å². The summed E-state index contributed by atoms with van der Waals surface area (Å²) in [6, 6.07) is 0. The van der Waals surface area contributed by atoms with Gasteiger partial charge in [-0.25, -0.2) is 4.79 Å². The van der Waals surface area contributed by atoms with Gasteiger partial charge in [0.15, 0.2) is 0 Å². The lowest BCUT2D eigenvalue weighted by Crippen LogP contribution is -2.35. The molecular formula is C11H19NO3.